The third-order valence-corrected chi connectivity index (χ3v) is 6.17. The van der Waals surface area contributed by atoms with Crippen LogP contribution in [-0.4, -0.2) is 48.9 Å². The summed E-state index contributed by atoms with van der Waals surface area (Å²) >= 11 is 0. The molecule has 7 nitrogen and oxygen atoms in total. The molecular formula is C27H29N3O4. The van der Waals surface area contributed by atoms with Crippen molar-refractivity contribution in [3.63, 3.8) is 0 Å². The van der Waals surface area contributed by atoms with Crippen LogP contribution in [0.25, 0.3) is 10.8 Å². The molecule has 3 amide bonds. The van der Waals surface area contributed by atoms with Crippen LogP contribution in [0.15, 0.2) is 60.7 Å². The molecule has 34 heavy (non-hydrogen) atoms. The summed E-state index contributed by atoms with van der Waals surface area (Å²) in [5, 5.41) is 4.69. The molecule has 1 aliphatic heterocycles. The number of methoxy groups -OCH3 is 1. The van der Waals surface area contributed by atoms with Gasteiger partial charge in [0.1, 0.15) is 18.3 Å². The van der Waals surface area contributed by atoms with Gasteiger partial charge in [-0.05, 0) is 48.6 Å². The van der Waals surface area contributed by atoms with Gasteiger partial charge in [0.15, 0.2) is 0 Å². The van der Waals surface area contributed by atoms with E-state index in [-0.39, 0.29) is 30.8 Å². The van der Waals surface area contributed by atoms with Crippen LogP contribution >= 0.6 is 0 Å². The molecule has 0 aliphatic carbocycles. The fourth-order valence-corrected chi connectivity index (χ4v) is 4.27. The summed E-state index contributed by atoms with van der Waals surface area (Å²) in [5.74, 6) is -0.00788. The van der Waals surface area contributed by atoms with E-state index in [4.69, 9.17) is 4.74 Å². The van der Waals surface area contributed by atoms with Gasteiger partial charge in [-0.2, -0.15) is 0 Å². The maximum absolute atomic E-state index is 13.6. The molecule has 0 saturated heterocycles. The molecule has 0 aromatic heterocycles. The number of carbonyl (C=O) groups is 3. The summed E-state index contributed by atoms with van der Waals surface area (Å²) in [7, 11) is 1.59. The molecule has 1 heterocycles. The van der Waals surface area contributed by atoms with Crippen molar-refractivity contribution in [2.24, 2.45) is 0 Å². The molecule has 176 valence electrons. The van der Waals surface area contributed by atoms with E-state index in [1.807, 2.05) is 61.5 Å². The van der Waals surface area contributed by atoms with E-state index in [0.29, 0.717) is 17.9 Å². The summed E-state index contributed by atoms with van der Waals surface area (Å²) in [6, 6.07) is 18.0. The first-order valence-corrected chi connectivity index (χ1v) is 11.5. The Bertz CT molecular complexity index is 1220. The molecule has 0 unspecified atom stereocenters. The Labute approximate surface area is 199 Å². The predicted molar refractivity (Wildman–Crippen MR) is 132 cm³/mol. The van der Waals surface area contributed by atoms with Gasteiger partial charge in [-0.25, -0.2) is 0 Å². The van der Waals surface area contributed by atoms with Crippen molar-refractivity contribution in [2.45, 2.75) is 32.9 Å². The van der Waals surface area contributed by atoms with Gasteiger partial charge in [-0.3, -0.25) is 19.3 Å². The van der Waals surface area contributed by atoms with Crippen molar-refractivity contribution in [1.82, 2.24) is 10.2 Å². The molecular weight excluding hydrogens is 430 g/mol. The highest BCUT2D eigenvalue weighted by Gasteiger charge is 2.34. The van der Waals surface area contributed by atoms with Crippen LogP contribution in [0.3, 0.4) is 0 Å². The second kappa shape index (κ2) is 9.95. The molecule has 4 rings (SSSR count). The first-order chi connectivity index (χ1) is 16.4. The van der Waals surface area contributed by atoms with E-state index in [1.54, 1.807) is 20.1 Å². The van der Waals surface area contributed by atoms with Crippen molar-refractivity contribution < 1.29 is 19.1 Å². The normalized spacial score (nSPS) is 13.1. The van der Waals surface area contributed by atoms with E-state index in [1.165, 1.54) is 9.80 Å². The number of anilines is 1. The van der Waals surface area contributed by atoms with Crippen molar-refractivity contribution in [3.8, 4) is 5.75 Å². The second-order valence-electron chi connectivity index (χ2n) is 8.41. The van der Waals surface area contributed by atoms with Crippen LogP contribution in [0.1, 0.15) is 36.2 Å². The van der Waals surface area contributed by atoms with Gasteiger partial charge >= 0.3 is 0 Å². The Morgan fingerprint density at radius 1 is 1.06 bits per heavy atom. The highest BCUT2D eigenvalue weighted by atomic mass is 16.5. The quantitative estimate of drug-likeness (QED) is 0.529. The lowest BCUT2D eigenvalue weighted by molar-refractivity contribution is -0.139. The molecule has 0 spiro atoms. The minimum atomic E-state index is -0.697. The average molecular weight is 460 g/mol. The lowest BCUT2D eigenvalue weighted by Gasteiger charge is -2.30. The lowest BCUT2D eigenvalue weighted by atomic mass is 10.1. The fraction of sp³-hybridized carbons (Fsp3) is 0.296. The SMILES string of the molecule is CCCNC(=O)[C@@H](C)N(Cc1ccc(OC)cc1)C(=O)CN1C(=O)c2cccc3cccc1c23. The molecule has 1 N–H and O–H groups in total. The number of benzene rings is 3. The van der Waals surface area contributed by atoms with E-state index in [9.17, 15) is 14.4 Å². The topological polar surface area (TPSA) is 79.0 Å². The maximum Gasteiger partial charge on any atom is 0.259 e. The van der Waals surface area contributed by atoms with Crippen molar-refractivity contribution in [2.75, 3.05) is 25.1 Å². The van der Waals surface area contributed by atoms with Gasteiger partial charge in [-0.1, -0.05) is 43.3 Å². The first kappa shape index (κ1) is 23.3. The molecule has 3 aromatic carbocycles. The number of nitrogens with one attached hydrogen (secondary N) is 1. The summed E-state index contributed by atoms with van der Waals surface area (Å²) in [4.78, 5) is 42.6. The molecule has 0 bridgehead atoms. The third kappa shape index (κ3) is 4.46. The molecule has 1 atom stereocenters. The average Bonchev–Trinajstić information content (AvgIpc) is 3.13. The van der Waals surface area contributed by atoms with Crippen LogP contribution in [0.4, 0.5) is 5.69 Å². The van der Waals surface area contributed by atoms with Gasteiger partial charge in [-0.15, -0.1) is 0 Å². The zero-order valence-electron chi connectivity index (χ0n) is 19.7. The molecule has 1 aliphatic rings. The van der Waals surface area contributed by atoms with Crippen LogP contribution in [0.2, 0.25) is 0 Å². The summed E-state index contributed by atoms with van der Waals surface area (Å²) in [5.41, 5.74) is 2.18. The highest BCUT2D eigenvalue weighted by Crippen LogP contribution is 2.37. The van der Waals surface area contributed by atoms with E-state index in [0.717, 1.165) is 28.4 Å². The predicted octanol–water partition coefficient (Wildman–Crippen LogP) is 3.75. The number of rotatable bonds is 9. The molecule has 0 fully saturated rings. The minimum Gasteiger partial charge on any atom is -0.497 e. The highest BCUT2D eigenvalue weighted by molar-refractivity contribution is 6.26. The van der Waals surface area contributed by atoms with Crippen LogP contribution in [0, 0.1) is 0 Å². The van der Waals surface area contributed by atoms with Crippen molar-refractivity contribution in [3.05, 3.63) is 71.8 Å². The largest absolute Gasteiger partial charge is 0.497 e. The Morgan fingerprint density at radius 2 is 1.76 bits per heavy atom. The summed E-state index contributed by atoms with van der Waals surface area (Å²) < 4.78 is 5.22. The molecule has 0 radical (unpaired) electrons. The molecule has 3 aromatic rings. The lowest BCUT2D eigenvalue weighted by Crippen LogP contribution is -2.51. The van der Waals surface area contributed by atoms with E-state index >= 15 is 0 Å². The Hall–Kier alpha value is -3.87. The Balaban J connectivity index is 1.60. The van der Waals surface area contributed by atoms with Gasteiger partial charge in [0.05, 0.1) is 12.8 Å². The maximum atomic E-state index is 13.6. The number of hydrogen-bond donors (Lipinski definition) is 1. The first-order valence-electron chi connectivity index (χ1n) is 11.5. The Morgan fingerprint density at radius 3 is 2.44 bits per heavy atom. The van der Waals surface area contributed by atoms with Crippen molar-refractivity contribution >= 4 is 34.2 Å². The third-order valence-electron chi connectivity index (χ3n) is 6.17. The van der Waals surface area contributed by atoms with E-state index < -0.39 is 6.04 Å². The molecule has 0 saturated carbocycles. The molecule has 7 heteroatoms. The van der Waals surface area contributed by atoms with Gasteiger partial charge in [0.2, 0.25) is 11.8 Å². The van der Waals surface area contributed by atoms with Gasteiger partial charge < -0.3 is 15.0 Å². The summed E-state index contributed by atoms with van der Waals surface area (Å²) in [6.45, 7) is 4.32. The monoisotopic (exact) mass is 459 g/mol. The Kier molecular flexibility index (Phi) is 6.82. The number of ether oxygens (including phenoxy) is 1. The number of carbonyl (C=O) groups excluding carboxylic acids is 3. The van der Waals surface area contributed by atoms with Crippen LogP contribution < -0.4 is 15.0 Å². The smallest absolute Gasteiger partial charge is 0.259 e. The number of hydrogen-bond acceptors (Lipinski definition) is 4. The van der Waals surface area contributed by atoms with Crippen LogP contribution in [0.5, 0.6) is 5.75 Å². The minimum absolute atomic E-state index is 0.145. The second-order valence-corrected chi connectivity index (χ2v) is 8.41. The van der Waals surface area contributed by atoms with Gasteiger partial charge in [0.25, 0.3) is 5.91 Å². The van der Waals surface area contributed by atoms with Gasteiger partial charge in [0, 0.05) is 24.0 Å². The zero-order chi connectivity index (χ0) is 24.2. The van der Waals surface area contributed by atoms with Crippen LogP contribution in [-0.2, 0) is 16.1 Å². The zero-order valence-corrected chi connectivity index (χ0v) is 19.7. The fourth-order valence-electron chi connectivity index (χ4n) is 4.27. The summed E-state index contributed by atoms with van der Waals surface area (Å²) in [6.07, 6.45) is 0.801. The van der Waals surface area contributed by atoms with E-state index in [2.05, 4.69) is 5.32 Å². The number of nitrogens with zero attached hydrogens (tertiary/aromatic N) is 2. The standard InChI is InChI=1S/C27H29N3O4/c1-4-15-28-26(32)18(2)29(16-19-11-13-21(34-3)14-12-19)24(31)17-30-23-10-6-8-20-7-5-9-22(25(20)23)27(30)33/h5-14,18H,4,15-17H2,1-3H3,(H,28,32)/t18-/m1/s1. The van der Waals surface area contributed by atoms with Crippen molar-refractivity contribution in [1.29, 1.82) is 0 Å². The number of amides is 3.